The van der Waals surface area contributed by atoms with E-state index in [4.69, 9.17) is 16.0 Å². The van der Waals surface area contributed by atoms with Crippen LogP contribution < -0.4 is 10.2 Å². The average molecular weight is 479 g/mol. The molecule has 0 unspecified atom stereocenters. The van der Waals surface area contributed by atoms with E-state index in [1.165, 1.54) is 17.3 Å². The van der Waals surface area contributed by atoms with Crippen LogP contribution in [-0.4, -0.2) is 22.9 Å². The summed E-state index contributed by atoms with van der Waals surface area (Å²) in [5.41, 5.74) is 2.77. The Hall–Kier alpha value is -3.29. The lowest BCUT2D eigenvalue weighted by atomic mass is 10.1. The molecule has 0 spiro atoms. The van der Waals surface area contributed by atoms with Crippen LogP contribution in [0.4, 0.5) is 5.82 Å². The number of carbonyl (C=O) groups is 1. The number of nitrogens with one attached hydrogen (secondary N) is 1. The van der Waals surface area contributed by atoms with Crippen molar-refractivity contribution in [1.82, 2.24) is 15.3 Å². The monoisotopic (exact) mass is 478 g/mol. The Labute approximate surface area is 202 Å². The van der Waals surface area contributed by atoms with Crippen molar-refractivity contribution < 1.29 is 9.21 Å². The van der Waals surface area contributed by atoms with Gasteiger partial charge in [0.05, 0.1) is 12.8 Å². The first kappa shape index (κ1) is 22.9. The third-order valence-electron chi connectivity index (χ3n) is 4.87. The number of hydrogen-bond donors (Lipinski definition) is 1. The number of anilines is 1. The van der Waals surface area contributed by atoms with E-state index in [-0.39, 0.29) is 5.91 Å². The van der Waals surface area contributed by atoms with E-state index >= 15 is 0 Å². The molecule has 0 aliphatic heterocycles. The van der Waals surface area contributed by atoms with Crippen LogP contribution in [0.2, 0.25) is 5.15 Å². The van der Waals surface area contributed by atoms with Gasteiger partial charge >= 0.3 is 0 Å². The van der Waals surface area contributed by atoms with Gasteiger partial charge in [-0.25, -0.2) is 9.97 Å². The van der Waals surface area contributed by atoms with Crippen molar-refractivity contribution in [2.45, 2.75) is 24.0 Å². The van der Waals surface area contributed by atoms with Gasteiger partial charge in [-0.1, -0.05) is 65.8 Å². The minimum absolute atomic E-state index is 0.151. The van der Waals surface area contributed by atoms with Gasteiger partial charge in [0.25, 0.3) is 5.91 Å². The zero-order valence-corrected chi connectivity index (χ0v) is 19.6. The number of thioether (sulfide) groups is 1. The van der Waals surface area contributed by atoms with Crippen LogP contribution >= 0.6 is 23.4 Å². The number of halogens is 1. The lowest BCUT2D eigenvalue weighted by Crippen LogP contribution is -2.22. The third-order valence-corrected chi connectivity index (χ3v) is 5.99. The number of carbonyl (C=O) groups excluding carboxylic acids is 1. The second-order valence-corrected chi connectivity index (χ2v) is 8.75. The van der Waals surface area contributed by atoms with E-state index in [2.05, 4.69) is 27.4 Å². The number of rotatable bonds is 9. The number of aromatic nitrogens is 2. The van der Waals surface area contributed by atoms with Crippen LogP contribution in [-0.2, 0) is 18.8 Å². The maximum Gasteiger partial charge on any atom is 0.251 e. The van der Waals surface area contributed by atoms with Crippen molar-refractivity contribution in [3.05, 3.63) is 107 Å². The van der Waals surface area contributed by atoms with E-state index in [0.717, 1.165) is 11.4 Å². The van der Waals surface area contributed by atoms with Crippen molar-refractivity contribution in [3.63, 3.8) is 0 Å². The fourth-order valence-corrected chi connectivity index (χ4v) is 4.24. The quantitative estimate of drug-likeness (QED) is 0.192. The normalized spacial score (nSPS) is 10.7. The molecule has 2 aromatic heterocycles. The molecular weight excluding hydrogens is 456 g/mol. The summed E-state index contributed by atoms with van der Waals surface area (Å²) in [6, 6.07) is 23.1. The zero-order chi connectivity index (χ0) is 23.0. The molecule has 168 valence electrons. The Balaban J connectivity index is 1.38. The molecule has 1 amide bonds. The maximum atomic E-state index is 12.5. The van der Waals surface area contributed by atoms with Gasteiger partial charge in [0.15, 0.2) is 5.16 Å². The molecule has 6 nitrogen and oxygen atoms in total. The van der Waals surface area contributed by atoms with Crippen LogP contribution in [0, 0.1) is 0 Å². The van der Waals surface area contributed by atoms with Crippen molar-refractivity contribution >= 4 is 35.1 Å². The van der Waals surface area contributed by atoms with Gasteiger partial charge in [-0.2, -0.15) is 0 Å². The topological polar surface area (TPSA) is 71.3 Å². The van der Waals surface area contributed by atoms with Crippen molar-refractivity contribution in [3.8, 4) is 0 Å². The summed E-state index contributed by atoms with van der Waals surface area (Å²) in [4.78, 5) is 23.5. The zero-order valence-electron chi connectivity index (χ0n) is 18.1. The summed E-state index contributed by atoms with van der Waals surface area (Å²) in [5.74, 6) is 1.93. The number of furan rings is 1. The van der Waals surface area contributed by atoms with Gasteiger partial charge in [0, 0.05) is 31.0 Å². The van der Waals surface area contributed by atoms with Gasteiger partial charge in [-0.3, -0.25) is 4.79 Å². The predicted octanol–water partition coefficient (Wildman–Crippen LogP) is 5.58. The molecule has 0 fully saturated rings. The second kappa shape index (κ2) is 11.0. The molecule has 0 saturated heterocycles. The predicted molar refractivity (Wildman–Crippen MR) is 131 cm³/mol. The van der Waals surface area contributed by atoms with Crippen molar-refractivity contribution in [1.29, 1.82) is 0 Å². The van der Waals surface area contributed by atoms with Crippen LogP contribution in [0.25, 0.3) is 0 Å². The summed E-state index contributed by atoms with van der Waals surface area (Å²) >= 11 is 7.75. The Morgan fingerprint density at radius 2 is 1.85 bits per heavy atom. The highest BCUT2D eigenvalue weighted by molar-refractivity contribution is 7.98. The molecule has 4 rings (SSSR count). The molecule has 0 aliphatic rings. The van der Waals surface area contributed by atoms with Crippen LogP contribution in [0.15, 0.2) is 88.6 Å². The fraction of sp³-hybridized carbons (Fsp3) is 0.160. The van der Waals surface area contributed by atoms with Gasteiger partial charge in [0.2, 0.25) is 0 Å². The number of nitrogens with zero attached hydrogens (tertiary/aromatic N) is 3. The largest absolute Gasteiger partial charge is 0.467 e. The molecule has 0 atom stereocenters. The van der Waals surface area contributed by atoms with Gasteiger partial charge in [-0.05, 0) is 35.4 Å². The molecule has 0 radical (unpaired) electrons. The van der Waals surface area contributed by atoms with E-state index in [1.54, 1.807) is 24.5 Å². The first-order valence-electron chi connectivity index (χ1n) is 10.4. The average Bonchev–Trinajstić information content (AvgIpc) is 3.35. The van der Waals surface area contributed by atoms with E-state index in [0.29, 0.717) is 40.5 Å². The smallest absolute Gasteiger partial charge is 0.251 e. The molecule has 0 saturated carbocycles. The number of hydrogen-bond acceptors (Lipinski definition) is 6. The van der Waals surface area contributed by atoms with Crippen molar-refractivity contribution in [2.75, 3.05) is 11.9 Å². The second-order valence-electron chi connectivity index (χ2n) is 7.42. The molecule has 2 aromatic carbocycles. The Kier molecular flexibility index (Phi) is 7.65. The molecule has 4 aromatic rings. The lowest BCUT2D eigenvalue weighted by Gasteiger charge is -2.19. The van der Waals surface area contributed by atoms with E-state index in [1.807, 2.05) is 54.4 Å². The lowest BCUT2D eigenvalue weighted by molar-refractivity contribution is 0.0948. The van der Waals surface area contributed by atoms with Crippen LogP contribution in [0.3, 0.4) is 0 Å². The Morgan fingerprint density at radius 1 is 1.03 bits per heavy atom. The van der Waals surface area contributed by atoms with Crippen molar-refractivity contribution in [2.24, 2.45) is 0 Å². The minimum atomic E-state index is -0.151. The third kappa shape index (κ3) is 6.60. The number of benzene rings is 2. The molecule has 2 heterocycles. The Morgan fingerprint density at radius 3 is 2.64 bits per heavy atom. The molecule has 8 heteroatoms. The molecule has 1 N–H and O–H groups in total. The highest BCUT2D eigenvalue weighted by Crippen LogP contribution is 2.25. The summed E-state index contributed by atoms with van der Waals surface area (Å²) in [7, 11) is 1.98. The minimum Gasteiger partial charge on any atom is -0.467 e. The molecule has 0 aliphatic carbocycles. The van der Waals surface area contributed by atoms with Crippen LogP contribution in [0.1, 0.15) is 27.2 Å². The van der Waals surface area contributed by atoms with Gasteiger partial charge in [-0.15, -0.1) is 0 Å². The molecular formula is C25H23ClN4O2S. The Bertz CT molecular complexity index is 1200. The summed E-state index contributed by atoms with van der Waals surface area (Å²) in [6.45, 7) is 1.06. The highest BCUT2D eigenvalue weighted by atomic mass is 35.5. The van der Waals surface area contributed by atoms with Gasteiger partial charge < -0.3 is 14.6 Å². The molecule has 0 bridgehead atoms. The van der Waals surface area contributed by atoms with E-state index < -0.39 is 0 Å². The molecule has 33 heavy (non-hydrogen) atoms. The summed E-state index contributed by atoms with van der Waals surface area (Å²) in [6.07, 6.45) is 1.59. The first-order chi connectivity index (χ1) is 16.1. The number of amides is 1. The highest BCUT2D eigenvalue weighted by Gasteiger charge is 2.11. The maximum absolute atomic E-state index is 12.5. The summed E-state index contributed by atoms with van der Waals surface area (Å²) < 4.78 is 5.25. The van der Waals surface area contributed by atoms with Gasteiger partial charge in [0.1, 0.15) is 16.7 Å². The first-order valence-corrected chi connectivity index (χ1v) is 11.7. The van der Waals surface area contributed by atoms with E-state index in [9.17, 15) is 4.79 Å². The fourth-order valence-electron chi connectivity index (χ4n) is 3.22. The SMILES string of the molecule is CN(Cc1ccccc1)c1cc(Cl)nc(SCc2cccc(C(=O)NCc3ccco3)c2)n1. The van der Waals surface area contributed by atoms with Crippen LogP contribution in [0.5, 0.6) is 0 Å². The standard InChI is InChI=1S/C25H23ClN4O2S/c1-30(16-18-7-3-2-4-8-18)23-14-22(26)28-25(29-23)33-17-19-9-5-10-20(13-19)24(31)27-15-21-11-6-12-32-21/h2-14H,15-17H2,1H3,(H,27,31). The summed E-state index contributed by atoms with van der Waals surface area (Å²) in [5, 5.41) is 3.85.